The van der Waals surface area contributed by atoms with Crippen molar-refractivity contribution in [2.75, 3.05) is 19.1 Å². The molecule has 0 aliphatic carbocycles. The SMILES string of the molecule is COC(=O)C1=C(C(=O)OC)SC(=C2C(=S)C(C)(C)N(C(=O)c3ccc(C(C)(C)C)cc3)c3c(C)cccc32)S1. The van der Waals surface area contributed by atoms with Crippen LogP contribution in [-0.4, -0.2) is 42.5 Å². The predicted octanol–water partition coefficient (Wildman–Crippen LogP) is 6.81. The van der Waals surface area contributed by atoms with Crippen molar-refractivity contribution in [3.8, 4) is 0 Å². The van der Waals surface area contributed by atoms with E-state index in [0.717, 1.165) is 51.5 Å². The highest BCUT2D eigenvalue weighted by Gasteiger charge is 2.46. The number of thiocarbonyl (C=S) groups is 1. The molecule has 0 N–H and O–H groups in total. The summed E-state index contributed by atoms with van der Waals surface area (Å²) in [5, 5.41) is 0. The number of benzene rings is 2. The first-order valence-electron chi connectivity index (χ1n) is 12.3. The monoisotopic (exact) mass is 581 g/mol. The summed E-state index contributed by atoms with van der Waals surface area (Å²) >= 11 is 8.35. The molecule has 0 fully saturated rings. The average molecular weight is 582 g/mol. The molecule has 0 bridgehead atoms. The Bertz CT molecular complexity index is 1430. The van der Waals surface area contributed by atoms with E-state index in [9.17, 15) is 14.4 Å². The highest BCUT2D eigenvalue weighted by molar-refractivity contribution is 8.29. The van der Waals surface area contributed by atoms with E-state index in [1.165, 1.54) is 14.2 Å². The minimum atomic E-state index is -0.892. The van der Waals surface area contributed by atoms with Gasteiger partial charge in [0.2, 0.25) is 0 Å². The molecule has 0 atom stereocenters. The number of fused-ring (bicyclic) bond motifs is 1. The summed E-state index contributed by atoms with van der Waals surface area (Å²) < 4.78 is 10.5. The van der Waals surface area contributed by atoms with Gasteiger partial charge in [-0.05, 0) is 49.4 Å². The van der Waals surface area contributed by atoms with Crippen LogP contribution in [0.4, 0.5) is 5.69 Å². The molecule has 0 aromatic heterocycles. The number of rotatable bonds is 3. The number of ether oxygens (including phenoxy) is 2. The molecular formula is C30H31NO5S3. The first-order chi connectivity index (χ1) is 18.2. The fourth-order valence-corrected chi connectivity index (χ4v) is 7.66. The molecule has 0 spiro atoms. The summed E-state index contributed by atoms with van der Waals surface area (Å²) in [4.78, 5) is 41.8. The van der Waals surface area contributed by atoms with Gasteiger partial charge in [-0.1, -0.05) is 86.8 Å². The van der Waals surface area contributed by atoms with Gasteiger partial charge >= 0.3 is 11.9 Å². The lowest BCUT2D eigenvalue weighted by Crippen LogP contribution is -2.56. The molecule has 0 saturated carbocycles. The molecule has 2 aromatic carbocycles. The van der Waals surface area contributed by atoms with Gasteiger partial charge in [0.05, 0.1) is 34.5 Å². The lowest BCUT2D eigenvalue weighted by Gasteiger charge is -2.46. The minimum absolute atomic E-state index is 0.0332. The van der Waals surface area contributed by atoms with Crippen molar-refractivity contribution in [2.45, 2.75) is 52.5 Å². The maximum absolute atomic E-state index is 14.1. The van der Waals surface area contributed by atoms with Crippen LogP contribution in [0.3, 0.4) is 0 Å². The number of para-hydroxylation sites is 1. The van der Waals surface area contributed by atoms with Crippen molar-refractivity contribution in [2.24, 2.45) is 0 Å². The summed E-state index contributed by atoms with van der Waals surface area (Å²) in [5.74, 6) is -1.40. The number of methoxy groups -OCH3 is 2. The van der Waals surface area contributed by atoms with Crippen molar-refractivity contribution in [1.29, 1.82) is 0 Å². The van der Waals surface area contributed by atoms with Gasteiger partial charge in [-0.2, -0.15) is 0 Å². The van der Waals surface area contributed by atoms with E-state index in [4.69, 9.17) is 21.7 Å². The van der Waals surface area contributed by atoms with Crippen LogP contribution in [0.25, 0.3) is 5.57 Å². The summed E-state index contributed by atoms with van der Waals surface area (Å²) in [6.07, 6.45) is 0. The Morgan fingerprint density at radius 1 is 0.897 bits per heavy atom. The zero-order chi connectivity index (χ0) is 28.9. The van der Waals surface area contributed by atoms with E-state index in [1.807, 2.05) is 63.2 Å². The molecule has 2 heterocycles. The van der Waals surface area contributed by atoms with Crippen LogP contribution in [0, 0.1) is 6.92 Å². The van der Waals surface area contributed by atoms with E-state index in [-0.39, 0.29) is 21.1 Å². The number of thioether (sulfide) groups is 2. The number of anilines is 1. The quantitative estimate of drug-likeness (QED) is 0.222. The summed E-state index contributed by atoms with van der Waals surface area (Å²) in [6, 6.07) is 13.5. The average Bonchev–Trinajstić information content (AvgIpc) is 3.33. The molecule has 4 rings (SSSR count). The standard InChI is InChI=1S/C30H31NO5S3/c1-16-10-9-11-19-20(28-38-22(26(33)35-7)23(39-28)27(34)36-8)24(37)30(5,6)31(21(16)19)25(32)17-12-14-18(15-13-17)29(2,3)4/h9-15H,1-8H3. The molecular weight excluding hydrogens is 551 g/mol. The Hall–Kier alpha value is -2.88. The lowest BCUT2D eigenvalue weighted by molar-refractivity contribution is -0.138. The largest absolute Gasteiger partial charge is 0.465 e. The number of hydrogen-bond acceptors (Lipinski definition) is 8. The van der Waals surface area contributed by atoms with Crippen molar-refractivity contribution >= 4 is 69.7 Å². The third-order valence-electron chi connectivity index (χ3n) is 6.81. The molecule has 204 valence electrons. The number of carbonyl (C=O) groups is 3. The van der Waals surface area contributed by atoms with Crippen molar-refractivity contribution in [3.05, 3.63) is 78.8 Å². The van der Waals surface area contributed by atoms with Crippen LogP contribution in [0.1, 0.15) is 61.7 Å². The highest BCUT2D eigenvalue weighted by atomic mass is 32.2. The zero-order valence-corrected chi connectivity index (χ0v) is 25.7. The fraction of sp³-hybridized carbons (Fsp3) is 0.333. The fourth-order valence-electron chi connectivity index (χ4n) is 4.62. The summed E-state index contributed by atoms with van der Waals surface area (Å²) in [5.41, 5.74) is 3.92. The molecule has 0 unspecified atom stereocenters. The molecule has 9 heteroatoms. The lowest BCUT2D eigenvalue weighted by atomic mass is 9.81. The molecule has 2 aliphatic rings. The van der Waals surface area contributed by atoms with Gasteiger partial charge in [-0.3, -0.25) is 9.69 Å². The van der Waals surface area contributed by atoms with E-state index < -0.39 is 17.5 Å². The van der Waals surface area contributed by atoms with Crippen molar-refractivity contribution in [1.82, 2.24) is 0 Å². The number of hydrogen-bond donors (Lipinski definition) is 0. The second-order valence-corrected chi connectivity index (χ2v) is 13.5. The van der Waals surface area contributed by atoms with Gasteiger partial charge in [0.15, 0.2) is 0 Å². The van der Waals surface area contributed by atoms with Gasteiger partial charge in [0.25, 0.3) is 5.91 Å². The third-order valence-corrected chi connectivity index (χ3v) is 10.1. The van der Waals surface area contributed by atoms with Gasteiger partial charge in [-0.15, -0.1) is 0 Å². The van der Waals surface area contributed by atoms with Crippen molar-refractivity contribution in [3.63, 3.8) is 0 Å². The first-order valence-corrected chi connectivity index (χ1v) is 14.4. The predicted molar refractivity (Wildman–Crippen MR) is 163 cm³/mol. The maximum atomic E-state index is 14.1. The molecule has 39 heavy (non-hydrogen) atoms. The van der Waals surface area contributed by atoms with E-state index >= 15 is 0 Å². The third kappa shape index (κ3) is 5.08. The molecule has 0 saturated heterocycles. The molecule has 6 nitrogen and oxygen atoms in total. The van der Waals surface area contributed by atoms with Gasteiger partial charge < -0.3 is 9.47 Å². The van der Waals surface area contributed by atoms with Crippen LogP contribution in [-0.2, 0) is 24.5 Å². The Balaban J connectivity index is 1.88. The highest BCUT2D eigenvalue weighted by Crippen LogP contribution is 2.56. The number of aryl methyl sites for hydroxylation is 1. The Labute approximate surface area is 243 Å². The van der Waals surface area contributed by atoms with Gasteiger partial charge in [0, 0.05) is 16.7 Å². The number of nitrogens with zero attached hydrogens (tertiary/aromatic N) is 1. The number of carbonyl (C=O) groups excluding carboxylic acids is 3. The second kappa shape index (κ2) is 10.6. The minimum Gasteiger partial charge on any atom is -0.465 e. The van der Waals surface area contributed by atoms with Crippen LogP contribution in [0.2, 0.25) is 0 Å². The topological polar surface area (TPSA) is 72.9 Å². The summed E-state index contributed by atoms with van der Waals surface area (Å²) in [6.45, 7) is 12.2. The normalized spacial score (nSPS) is 16.8. The van der Waals surface area contributed by atoms with Gasteiger partial charge in [-0.25, -0.2) is 9.59 Å². The number of amides is 1. The van der Waals surface area contributed by atoms with E-state index in [2.05, 4.69) is 20.8 Å². The zero-order valence-electron chi connectivity index (χ0n) is 23.3. The molecule has 2 aromatic rings. The van der Waals surface area contributed by atoms with Gasteiger partial charge in [0.1, 0.15) is 9.81 Å². The van der Waals surface area contributed by atoms with Crippen LogP contribution in [0.5, 0.6) is 0 Å². The Kier molecular flexibility index (Phi) is 7.91. The van der Waals surface area contributed by atoms with E-state index in [0.29, 0.717) is 14.7 Å². The Morgan fingerprint density at radius 2 is 1.44 bits per heavy atom. The van der Waals surface area contributed by atoms with E-state index in [1.54, 1.807) is 4.90 Å². The molecule has 2 aliphatic heterocycles. The Morgan fingerprint density at radius 3 is 1.92 bits per heavy atom. The van der Waals surface area contributed by atoms with Crippen LogP contribution in [0.15, 0.2) is 56.5 Å². The van der Waals surface area contributed by atoms with Crippen LogP contribution < -0.4 is 4.90 Å². The van der Waals surface area contributed by atoms with Crippen LogP contribution >= 0.6 is 35.7 Å². The smallest absolute Gasteiger partial charge is 0.346 e. The first kappa shape index (κ1) is 29.1. The number of esters is 2. The molecule has 1 amide bonds. The molecule has 0 radical (unpaired) electrons. The van der Waals surface area contributed by atoms with Crippen molar-refractivity contribution < 1.29 is 23.9 Å². The second-order valence-electron chi connectivity index (χ2n) is 10.8. The summed E-state index contributed by atoms with van der Waals surface area (Å²) in [7, 11) is 2.54. The maximum Gasteiger partial charge on any atom is 0.346 e.